The summed E-state index contributed by atoms with van der Waals surface area (Å²) in [6.45, 7) is 0. The monoisotopic (exact) mass is 420 g/mol. The number of nitrogens with two attached hydrogens (primary N) is 1. The van der Waals surface area contributed by atoms with Crippen LogP contribution in [0.2, 0.25) is 0 Å². The molecule has 0 fully saturated rings. The van der Waals surface area contributed by atoms with Crippen LogP contribution in [0.3, 0.4) is 0 Å². The van der Waals surface area contributed by atoms with Crippen molar-refractivity contribution in [3.63, 3.8) is 0 Å². The van der Waals surface area contributed by atoms with Crippen LogP contribution >= 0.6 is 0 Å². The van der Waals surface area contributed by atoms with Gasteiger partial charge in [0, 0.05) is 11.3 Å². The molecule has 0 unspecified atom stereocenters. The third-order valence-corrected chi connectivity index (χ3v) is 5.42. The van der Waals surface area contributed by atoms with Gasteiger partial charge < -0.3 is 5.73 Å². The van der Waals surface area contributed by atoms with Gasteiger partial charge in [0.15, 0.2) is 34.4 Å². The molecule has 0 saturated heterocycles. The zero-order valence-electron chi connectivity index (χ0n) is 14.3. The van der Waals surface area contributed by atoms with Crippen LogP contribution in [-0.4, -0.2) is 28.6 Å². The Balaban J connectivity index is 1.61. The number of aromatic amines is 1. The highest BCUT2D eigenvalue weighted by Gasteiger charge is 2.24. The Labute approximate surface area is 161 Å². The number of nitrogens with one attached hydrogen (secondary N) is 2. The lowest BCUT2D eigenvalue weighted by Gasteiger charge is -2.10. The van der Waals surface area contributed by atoms with Crippen molar-refractivity contribution in [2.24, 2.45) is 0 Å². The number of benzene rings is 2. The Hall–Kier alpha value is -3.67. The van der Waals surface area contributed by atoms with E-state index in [9.17, 15) is 21.6 Å². The third-order valence-electron chi connectivity index (χ3n) is 4.02. The molecule has 4 N–H and O–H groups in total. The minimum absolute atomic E-state index is 0.0812. The predicted octanol–water partition coefficient (Wildman–Crippen LogP) is 2.82. The van der Waals surface area contributed by atoms with Crippen LogP contribution in [0.25, 0.3) is 22.4 Å². The maximum atomic E-state index is 13.8. The Morgan fingerprint density at radius 1 is 1.00 bits per heavy atom. The maximum Gasteiger partial charge on any atom is 0.264 e. The fourth-order valence-corrected chi connectivity index (χ4v) is 3.72. The predicted molar refractivity (Wildman–Crippen MR) is 98.7 cm³/mol. The highest BCUT2D eigenvalue weighted by Crippen LogP contribution is 2.25. The molecule has 2 aromatic carbocycles. The fourth-order valence-electron chi connectivity index (χ4n) is 2.59. The van der Waals surface area contributed by atoms with Gasteiger partial charge in [0.1, 0.15) is 4.90 Å². The van der Waals surface area contributed by atoms with E-state index in [0.29, 0.717) is 34.6 Å². The number of rotatable bonds is 4. The van der Waals surface area contributed by atoms with E-state index < -0.39 is 32.4 Å². The minimum atomic E-state index is -4.47. The molecular formula is C17H11F3N6O2S. The Kier molecular flexibility index (Phi) is 4.34. The van der Waals surface area contributed by atoms with Gasteiger partial charge in [0.2, 0.25) is 0 Å². The van der Waals surface area contributed by atoms with E-state index in [0.717, 1.165) is 0 Å². The number of nitrogen functional groups attached to an aromatic ring is 1. The van der Waals surface area contributed by atoms with Crippen LogP contribution in [0.5, 0.6) is 0 Å². The number of fused-ring (bicyclic) bond motifs is 1. The molecule has 0 saturated carbocycles. The van der Waals surface area contributed by atoms with Gasteiger partial charge in [-0.3, -0.25) is 9.82 Å². The lowest BCUT2D eigenvalue weighted by atomic mass is 10.1. The van der Waals surface area contributed by atoms with Crippen LogP contribution < -0.4 is 10.5 Å². The number of nitrogens with zero attached hydrogens (tertiary/aromatic N) is 3. The quantitative estimate of drug-likeness (QED) is 0.436. The second kappa shape index (κ2) is 6.74. The third kappa shape index (κ3) is 3.33. The smallest absolute Gasteiger partial charge is 0.264 e. The van der Waals surface area contributed by atoms with Crippen molar-refractivity contribution in [3.05, 3.63) is 60.0 Å². The summed E-state index contributed by atoms with van der Waals surface area (Å²) in [5.41, 5.74) is 7.61. The van der Waals surface area contributed by atoms with Crippen molar-refractivity contribution in [2.45, 2.75) is 4.90 Å². The van der Waals surface area contributed by atoms with Gasteiger partial charge in [-0.1, -0.05) is 12.1 Å². The summed E-state index contributed by atoms with van der Waals surface area (Å²) in [6.07, 6.45) is 1.48. The van der Waals surface area contributed by atoms with E-state index in [1.165, 1.54) is 18.3 Å². The van der Waals surface area contributed by atoms with Gasteiger partial charge in [-0.2, -0.15) is 5.10 Å². The molecule has 0 aliphatic heterocycles. The zero-order valence-corrected chi connectivity index (χ0v) is 15.1. The molecule has 29 heavy (non-hydrogen) atoms. The van der Waals surface area contributed by atoms with Crippen molar-refractivity contribution in [3.8, 4) is 11.3 Å². The van der Waals surface area contributed by atoms with Crippen molar-refractivity contribution < 1.29 is 21.6 Å². The highest BCUT2D eigenvalue weighted by molar-refractivity contribution is 7.92. The molecule has 148 valence electrons. The molecule has 0 atom stereocenters. The summed E-state index contributed by atoms with van der Waals surface area (Å²) in [5, 5.41) is 6.44. The van der Waals surface area contributed by atoms with Crippen molar-refractivity contribution in [1.82, 2.24) is 20.2 Å². The van der Waals surface area contributed by atoms with Crippen molar-refractivity contribution in [1.29, 1.82) is 0 Å². The first kappa shape index (κ1) is 18.7. The summed E-state index contributed by atoms with van der Waals surface area (Å²) in [5.74, 6) is -4.93. The number of hydrogen-bond acceptors (Lipinski definition) is 6. The Morgan fingerprint density at radius 2 is 1.72 bits per heavy atom. The molecule has 8 nitrogen and oxygen atoms in total. The number of hydrogen-bond donors (Lipinski definition) is 3. The molecule has 2 aromatic heterocycles. The van der Waals surface area contributed by atoms with E-state index in [2.05, 4.69) is 24.9 Å². The SMILES string of the molecule is Nc1n[nH]c2nc(-c3ccc(NS(=O)(=O)c4ccc(F)c(F)c4F)cc3)cnc12. The lowest BCUT2D eigenvalue weighted by molar-refractivity contribution is 0.432. The van der Waals surface area contributed by atoms with E-state index >= 15 is 0 Å². The molecular weight excluding hydrogens is 409 g/mol. The van der Waals surface area contributed by atoms with Gasteiger partial charge >= 0.3 is 0 Å². The van der Waals surface area contributed by atoms with Crippen LogP contribution in [0.4, 0.5) is 24.7 Å². The number of aromatic nitrogens is 4. The van der Waals surface area contributed by atoms with Crippen LogP contribution in [0.15, 0.2) is 47.5 Å². The number of halogens is 3. The minimum Gasteiger partial charge on any atom is -0.380 e. The Bertz CT molecular complexity index is 1340. The molecule has 4 rings (SSSR count). The first-order valence-electron chi connectivity index (χ1n) is 7.99. The molecule has 0 spiro atoms. The number of anilines is 2. The van der Waals surface area contributed by atoms with E-state index in [-0.39, 0.29) is 11.5 Å². The lowest BCUT2D eigenvalue weighted by Crippen LogP contribution is -2.15. The van der Waals surface area contributed by atoms with E-state index in [1.807, 2.05) is 0 Å². The number of sulfonamides is 1. The maximum absolute atomic E-state index is 13.8. The number of H-pyrrole nitrogens is 1. The Morgan fingerprint density at radius 3 is 2.45 bits per heavy atom. The van der Waals surface area contributed by atoms with Crippen LogP contribution in [-0.2, 0) is 10.0 Å². The first-order valence-corrected chi connectivity index (χ1v) is 9.48. The zero-order chi connectivity index (χ0) is 20.8. The topological polar surface area (TPSA) is 127 Å². The fraction of sp³-hybridized carbons (Fsp3) is 0. The molecule has 0 amide bonds. The molecule has 0 aliphatic carbocycles. The molecule has 12 heteroatoms. The second-order valence-electron chi connectivity index (χ2n) is 5.92. The average Bonchev–Trinajstić information content (AvgIpc) is 3.06. The van der Waals surface area contributed by atoms with Gasteiger partial charge in [-0.05, 0) is 24.3 Å². The highest BCUT2D eigenvalue weighted by atomic mass is 32.2. The van der Waals surface area contributed by atoms with Gasteiger partial charge in [0.25, 0.3) is 10.0 Å². The van der Waals surface area contributed by atoms with Crippen molar-refractivity contribution in [2.75, 3.05) is 10.5 Å². The molecule has 0 radical (unpaired) electrons. The first-order chi connectivity index (χ1) is 13.8. The molecule has 4 aromatic rings. The molecule has 2 heterocycles. The van der Waals surface area contributed by atoms with Crippen molar-refractivity contribution >= 4 is 32.7 Å². The molecule has 0 bridgehead atoms. The van der Waals surface area contributed by atoms with Crippen LogP contribution in [0, 0.1) is 17.5 Å². The summed E-state index contributed by atoms with van der Waals surface area (Å²) < 4.78 is 66.9. The summed E-state index contributed by atoms with van der Waals surface area (Å²) >= 11 is 0. The molecule has 0 aliphatic rings. The van der Waals surface area contributed by atoms with Crippen LogP contribution in [0.1, 0.15) is 0 Å². The van der Waals surface area contributed by atoms with E-state index in [4.69, 9.17) is 5.73 Å². The summed E-state index contributed by atoms with van der Waals surface area (Å²) in [6, 6.07) is 7.08. The van der Waals surface area contributed by atoms with Gasteiger partial charge in [0.05, 0.1) is 11.9 Å². The summed E-state index contributed by atoms with van der Waals surface area (Å²) in [4.78, 5) is 7.48. The van der Waals surface area contributed by atoms with Gasteiger partial charge in [-0.15, -0.1) is 0 Å². The summed E-state index contributed by atoms with van der Waals surface area (Å²) in [7, 11) is -4.47. The van der Waals surface area contributed by atoms with Gasteiger partial charge in [-0.25, -0.2) is 31.6 Å². The standard InChI is InChI=1S/C17H11F3N6O2S/c18-10-5-6-12(14(20)13(10)19)29(27,28)26-9-3-1-8(2-4-9)11-7-22-15-16(21)24-25-17(15)23-11/h1-7,26H,(H3,21,23,24,25). The second-order valence-corrected chi connectivity index (χ2v) is 7.57. The van der Waals surface area contributed by atoms with E-state index in [1.54, 1.807) is 12.1 Å². The average molecular weight is 420 g/mol. The normalized spacial score (nSPS) is 11.7. The largest absolute Gasteiger partial charge is 0.380 e.